The summed E-state index contributed by atoms with van der Waals surface area (Å²) in [7, 11) is 0. The van der Waals surface area contributed by atoms with Crippen LogP contribution in [-0.2, 0) is 6.54 Å². The molecule has 1 fully saturated rings. The van der Waals surface area contributed by atoms with Crippen molar-refractivity contribution in [2.24, 2.45) is 5.92 Å². The summed E-state index contributed by atoms with van der Waals surface area (Å²) in [5, 5.41) is 0. The van der Waals surface area contributed by atoms with E-state index in [-0.39, 0.29) is 5.91 Å². The molecule has 4 heteroatoms. The monoisotopic (exact) mass is 283 g/mol. The lowest BCUT2D eigenvalue weighted by Crippen LogP contribution is -2.38. The second-order valence-corrected chi connectivity index (χ2v) is 5.69. The number of rotatable bonds is 4. The average molecular weight is 283 g/mol. The summed E-state index contributed by atoms with van der Waals surface area (Å²) < 4.78 is 2.23. The average Bonchev–Trinajstić information content (AvgIpc) is 3.07. The van der Waals surface area contributed by atoms with Crippen LogP contribution in [0.3, 0.4) is 0 Å². The first-order valence-corrected chi connectivity index (χ1v) is 7.63. The number of hydrogen-bond donors (Lipinski definition) is 0. The summed E-state index contributed by atoms with van der Waals surface area (Å²) in [5.41, 5.74) is 0.697. The third-order valence-electron chi connectivity index (χ3n) is 4.27. The van der Waals surface area contributed by atoms with Gasteiger partial charge in [0.2, 0.25) is 0 Å². The van der Waals surface area contributed by atoms with Crippen LogP contribution in [0.1, 0.15) is 29.6 Å². The van der Waals surface area contributed by atoms with Gasteiger partial charge in [-0.1, -0.05) is 0 Å². The Morgan fingerprint density at radius 3 is 2.62 bits per heavy atom. The topological polar surface area (TPSA) is 38.1 Å². The van der Waals surface area contributed by atoms with E-state index in [1.54, 1.807) is 12.4 Å². The van der Waals surface area contributed by atoms with Gasteiger partial charge < -0.3 is 9.47 Å². The van der Waals surface area contributed by atoms with Crippen molar-refractivity contribution in [3.05, 3.63) is 54.6 Å². The first-order chi connectivity index (χ1) is 10.3. The number of pyridine rings is 1. The lowest BCUT2D eigenvalue weighted by Gasteiger charge is -2.32. The number of aromatic nitrogens is 2. The van der Waals surface area contributed by atoms with E-state index in [0.29, 0.717) is 5.56 Å². The van der Waals surface area contributed by atoms with Crippen LogP contribution in [0.25, 0.3) is 0 Å². The fourth-order valence-corrected chi connectivity index (χ4v) is 2.95. The number of nitrogens with zero attached hydrogens (tertiary/aromatic N) is 3. The number of likely N-dealkylation sites (tertiary alicyclic amines) is 1. The first kappa shape index (κ1) is 13.9. The minimum absolute atomic E-state index is 0.118. The summed E-state index contributed by atoms with van der Waals surface area (Å²) in [5.74, 6) is 0.845. The Hall–Kier alpha value is -2.10. The second-order valence-electron chi connectivity index (χ2n) is 5.69. The van der Waals surface area contributed by atoms with E-state index >= 15 is 0 Å². The van der Waals surface area contributed by atoms with Crippen LogP contribution < -0.4 is 0 Å². The van der Waals surface area contributed by atoms with Crippen molar-refractivity contribution in [1.82, 2.24) is 14.5 Å². The van der Waals surface area contributed by atoms with Crippen molar-refractivity contribution >= 4 is 5.91 Å². The van der Waals surface area contributed by atoms with Crippen LogP contribution in [0.15, 0.2) is 49.1 Å². The van der Waals surface area contributed by atoms with Crippen molar-refractivity contribution in [3.8, 4) is 0 Å². The van der Waals surface area contributed by atoms with Gasteiger partial charge in [0.25, 0.3) is 5.91 Å². The highest BCUT2D eigenvalue weighted by Gasteiger charge is 2.23. The number of hydrogen-bond acceptors (Lipinski definition) is 2. The Morgan fingerprint density at radius 1 is 1.19 bits per heavy atom. The molecule has 0 atom stereocenters. The Bertz CT molecular complexity index is 557. The minimum Gasteiger partial charge on any atom is -0.354 e. The molecule has 3 rings (SSSR count). The van der Waals surface area contributed by atoms with E-state index in [9.17, 15) is 4.79 Å². The maximum Gasteiger partial charge on any atom is 0.255 e. The summed E-state index contributed by atoms with van der Waals surface area (Å²) in [6.07, 6.45) is 11.0. The number of aryl methyl sites for hydroxylation is 1. The molecule has 0 spiro atoms. The van der Waals surface area contributed by atoms with E-state index in [4.69, 9.17) is 0 Å². The zero-order valence-corrected chi connectivity index (χ0v) is 12.2. The van der Waals surface area contributed by atoms with Crippen molar-refractivity contribution in [2.45, 2.75) is 25.8 Å². The number of carbonyl (C=O) groups is 1. The summed E-state index contributed by atoms with van der Waals surface area (Å²) >= 11 is 0. The van der Waals surface area contributed by atoms with Crippen LogP contribution >= 0.6 is 0 Å². The Balaban J connectivity index is 1.47. The number of carbonyl (C=O) groups excluding carboxylic acids is 1. The lowest BCUT2D eigenvalue weighted by atomic mass is 9.93. The summed E-state index contributed by atoms with van der Waals surface area (Å²) in [6, 6.07) is 7.79. The molecule has 21 heavy (non-hydrogen) atoms. The molecule has 3 heterocycles. The fourth-order valence-electron chi connectivity index (χ4n) is 2.95. The predicted molar refractivity (Wildman–Crippen MR) is 81.9 cm³/mol. The van der Waals surface area contributed by atoms with Crippen molar-refractivity contribution in [3.63, 3.8) is 0 Å². The summed E-state index contributed by atoms with van der Waals surface area (Å²) in [4.78, 5) is 18.3. The molecular weight excluding hydrogens is 262 g/mol. The molecule has 1 amide bonds. The minimum atomic E-state index is 0.118. The maximum absolute atomic E-state index is 12.3. The van der Waals surface area contributed by atoms with Gasteiger partial charge in [0.05, 0.1) is 5.56 Å². The van der Waals surface area contributed by atoms with Gasteiger partial charge in [0.1, 0.15) is 0 Å². The quantitative estimate of drug-likeness (QED) is 0.865. The van der Waals surface area contributed by atoms with Crippen LogP contribution in [-0.4, -0.2) is 33.4 Å². The van der Waals surface area contributed by atoms with Gasteiger partial charge in [-0.05, 0) is 49.4 Å². The molecule has 0 aliphatic carbocycles. The molecule has 4 nitrogen and oxygen atoms in total. The highest BCUT2D eigenvalue weighted by molar-refractivity contribution is 5.93. The SMILES string of the molecule is O=C(c1cccnc1)N1CCC(CCn2cccc2)CC1. The Morgan fingerprint density at radius 2 is 1.95 bits per heavy atom. The van der Waals surface area contributed by atoms with Crippen molar-refractivity contribution < 1.29 is 4.79 Å². The fraction of sp³-hybridized carbons (Fsp3) is 0.412. The number of piperidine rings is 1. The van der Waals surface area contributed by atoms with Gasteiger partial charge in [0.15, 0.2) is 0 Å². The predicted octanol–water partition coefficient (Wildman–Crippen LogP) is 2.83. The van der Waals surface area contributed by atoms with Crippen LogP contribution in [0.4, 0.5) is 0 Å². The van der Waals surface area contributed by atoms with Crippen LogP contribution in [0.5, 0.6) is 0 Å². The van der Waals surface area contributed by atoms with Crippen molar-refractivity contribution in [1.29, 1.82) is 0 Å². The van der Waals surface area contributed by atoms with Gasteiger partial charge in [-0.25, -0.2) is 0 Å². The third-order valence-corrected chi connectivity index (χ3v) is 4.27. The second kappa shape index (κ2) is 6.57. The molecule has 0 N–H and O–H groups in total. The van der Waals surface area contributed by atoms with Crippen LogP contribution in [0, 0.1) is 5.92 Å². The van der Waals surface area contributed by atoms with E-state index in [2.05, 4.69) is 34.1 Å². The molecule has 0 saturated carbocycles. The van der Waals surface area contributed by atoms with E-state index in [1.165, 1.54) is 6.42 Å². The molecule has 0 unspecified atom stereocenters. The highest BCUT2D eigenvalue weighted by atomic mass is 16.2. The van der Waals surface area contributed by atoms with Crippen LogP contribution in [0.2, 0.25) is 0 Å². The summed E-state index contributed by atoms with van der Waals surface area (Å²) in [6.45, 7) is 2.81. The van der Waals surface area contributed by atoms with E-state index in [1.807, 2.05) is 17.0 Å². The van der Waals surface area contributed by atoms with Gasteiger partial charge in [-0.3, -0.25) is 9.78 Å². The molecule has 2 aromatic rings. The largest absolute Gasteiger partial charge is 0.354 e. The first-order valence-electron chi connectivity index (χ1n) is 7.63. The number of amides is 1. The van der Waals surface area contributed by atoms with E-state index in [0.717, 1.165) is 38.4 Å². The zero-order chi connectivity index (χ0) is 14.5. The lowest BCUT2D eigenvalue weighted by molar-refractivity contribution is 0.0684. The molecule has 1 aliphatic rings. The molecule has 0 aromatic carbocycles. The molecule has 2 aromatic heterocycles. The molecule has 1 saturated heterocycles. The molecule has 1 aliphatic heterocycles. The standard InChI is InChI=1S/C17H21N3O/c21-17(16-4-3-8-18-14-16)20-12-6-15(7-13-20)5-11-19-9-1-2-10-19/h1-4,8-10,14-15H,5-7,11-13H2. The molecule has 0 radical (unpaired) electrons. The molecule has 0 bridgehead atoms. The maximum atomic E-state index is 12.3. The normalized spacial score (nSPS) is 16.1. The zero-order valence-electron chi connectivity index (χ0n) is 12.2. The van der Waals surface area contributed by atoms with Gasteiger partial charge in [0, 0.05) is 44.4 Å². The van der Waals surface area contributed by atoms with Gasteiger partial charge in [-0.15, -0.1) is 0 Å². The highest BCUT2D eigenvalue weighted by Crippen LogP contribution is 2.22. The smallest absolute Gasteiger partial charge is 0.255 e. The van der Waals surface area contributed by atoms with Crippen molar-refractivity contribution in [2.75, 3.05) is 13.1 Å². The molecular formula is C17H21N3O. The van der Waals surface area contributed by atoms with Gasteiger partial charge >= 0.3 is 0 Å². The molecule has 110 valence electrons. The third kappa shape index (κ3) is 3.51. The Labute approximate surface area is 125 Å². The van der Waals surface area contributed by atoms with Gasteiger partial charge in [-0.2, -0.15) is 0 Å². The Kier molecular flexibility index (Phi) is 4.34. The van der Waals surface area contributed by atoms with E-state index < -0.39 is 0 Å².